The number of carbonyl (C=O) groups is 2. The van der Waals surface area contributed by atoms with Gasteiger partial charge in [0.15, 0.2) is 0 Å². The van der Waals surface area contributed by atoms with Crippen molar-refractivity contribution in [2.75, 3.05) is 6.67 Å². The highest BCUT2D eigenvalue weighted by Crippen LogP contribution is 2.29. The topological polar surface area (TPSA) is 83.6 Å². The maximum Gasteiger partial charge on any atom is 0.270 e. The number of rotatable bonds is 3. The second-order valence-corrected chi connectivity index (χ2v) is 6.52. The van der Waals surface area contributed by atoms with E-state index in [1.807, 2.05) is 0 Å². The molecule has 0 saturated carbocycles. The van der Waals surface area contributed by atoms with Crippen LogP contribution in [0.15, 0.2) is 59.5 Å². The van der Waals surface area contributed by atoms with Crippen molar-refractivity contribution in [1.29, 1.82) is 0 Å². The number of sulfonamides is 1. The van der Waals surface area contributed by atoms with E-state index in [9.17, 15) is 18.0 Å². The zero-order chi connectivity index (χ0) is 15.7. The molecule has 0 aromatic heterocycles. The molecule has 2 aromatic rings. The molecule has 0 bridgehead atoms. The summed E-state index contributed by atoms with van der Waals surface area (Å²) in [5.74, 6) is -1.08. The van der Waals surface area contributed by atoms with Crippen LogP contribution in [0.2, 0.25) is 0 Å². The first-order chi connectivity index (χ1) is 10.5. The molecule has 0 aliphatic carbocycles. The molecule has 7 heteroatoms. The summed E-state index contributed by atoms with van der Waals surface area (Å²) in [6.45, 7) is -0.399. The molecular formula is C15H12N2O4S. The molecule has 3 rings (SSSR count). The molecule has 0 atom stereocenters. The van der Waals surface area contributed by atoms with Gasteiger partial charge in [-0.1, -0.05) is 30.3 Å². The largest absolute Gasteiger partial charge is 0.333 e. The average Bonchev–Trinajstić information content (AvgIpc) is 2.73. The minimum absolute atomic E-state index is 0.0334. The maximum atomic E-state index is 12.3. The van der Waals surface area contributed by atoms with Crippen molar-refractivity contribution in [3.05, 3.63) is 65.7 Å². The lowest BCUT2D eigenvalue weighted by Crippen LogP contribution is -2.40. The molecule has 0 spiro atoms. The van der Waals surface area contributed by atoms with E-state index in [4.69, 9.17) is 0 Å². The van der Waals surface area contributed by atoms with Crippen LogP contribution >= 0.6 is 0 Å². The predicted octanol–water partition coefficient (Wildman–Crippen LogP) is 1.22. The van der Waals surface area contributed by atoms with Gasteiger partial charge in [-0.25, -0.2) is 12.7 Å². The highest BCUT2D eigenvalue weighted by Gasteiger charge is 2.40. The van der Waals surface area contributed by atoms with Crippen molar-refractivity contribution in [3.63, 3.8) is 0 Å². The molecule has 112 valence electrons. The zero-order valence-electron chi connectivity index (χ0n) is 11.4. The highest BCUT2D eigenvalue weighted by atomic mass is 32.2. The van der Waals surface area contributed by atoms with E-state index < -0.39 is 28.5 Å². The molecule has 0 radical (unpaired) electrons. The molecule has 1 aliphatic heterocycles. The standard InChI is InChI=1S/C15H12N2O4S/c18-14(11-6-2-1-3-7-11)16-10-17-15(19)12-8-4-5-9-13(12)22(17,20)21/h1-9H,10H2,(H,16,18). The lowest BCUT2D eigenvalue weighted by atomic mass is 10.2. The minimum atomic E-state index is -3.90. The Morgan fingerprint density at radius 2 is 1.64 bits per heavy atom. The summed E-state index contributed by atoms with van der Waals surface area (Å²) in [6.07, 6.45) is 0. The predicted molar refractivity (Wildman–Crippen MR) is 78.6 cm³/mol. The first-order valence-electron chi connectivity index (χ1n) is 6.51. The van der Waals surface area contributed by atoms with Crippen molar-refractivity contribution >= 4 is 21.8 Å². The molecule has 0 fully saturated rings. The first-order valence-corrected chi connectivity index (χ1v) is 7.95. The van der Waals surface area contributed by atoms with Crippen LogP contribution < -0.4 is 5.32 Å². The number of benzene rings is 2. The summed E-state index contributed by atoms with van der Waals surface area (Å²) in [5, 5.41) is 2.45. The summed E-state index contributed by atoms with van der Waals surface area (Å²) in [7, 11) is -3.90. The molecule has 0 saturated heterocycles. The SMILES string of the molecule is O=C(NCN1C(=O)c2ccccc2S1(=O)=O)c1ccccc1. The van der Waals surface area contributed by atoms with Crippen molar-refractivity contribution < 1.29 is 18.0 Å². The van der Waals surface area contributed by atoms with Crippen molar-refractivity contribution in [2.24, 2.45) is 0 Å². The van der Waals surface area contributed by atoms with Gasteiger partial charge < -0.3 is 5.32 Å². The summed E-state index contributed by atoms with van der Waals surface area (Å²) in [4.78, 5) is 24.1. The second-order valence-electron chi connectivity index (χ2n) is 4.68. The third-order valence-corrected chi connectivity index (χ3v) is 5.12. The Morgan fingerprint density at radius 3 is 2.32 bits per heavy atom. The van der Waals surface area contributed by atoms with E-state index in [2.05, 4.69) is 5.32 Å². The quantitative estimate of drug-likeness (QED) is 0.923. The highest BCUT2D eigenvalue weighted by molar-refractivity contribution is 7.90. The summed E-state index contributed by atoms with van der Waals surface area (Å²) in [6, 6.07) is 14.3. The third kappa shape index (κ3) is 2.25. The van der Waals surface area contributed by atoms with E-state index in [-0.39, 0.29) is 10.5 Å². The van der Waals surface area contributed by atoms with E-state index in [0.717, 1.165) is 0 Å². The van der Waals surface area contributed by atoms with Gasteiger partial charge in [0.2, 0.25) is 0 Å². The monoisotopic (exact) mass is 316 g/mol. The van der Waals surface area contributed by atoms with Gasteiger partial charge in [-0.3, -0.25) is 9.59 Å². The summed E-state index contributed by atoms with van der Waals surface area (Å²) >= 11 is 0. The fourth-order valence-electron chi connectivity index (χ4n) is 2.22. The van der Waals surface area contributed by atoms with Gasteiger partial charge in [0, 0.05) is 5.56 Å². The Labute approximate surface area is 127 Å². The van der Waals surface area contributed by atoms with Gasteiger partial charge in [-0.2, -0.15) is 0 Å². The Hall–Kier alpha value is -2.67. The number of carbonyl (C=O) groups excluding carboxylic acids is 2. The third-order valence-electron chi connectivity index (χ3n) is 3.33. The van der Waals surface area contributed by atoms with Crippen LogP contribution in [0.4, 0.5) is 0 Å². The average molecular weight is 316 g/mol. The van der Waals surface area contributed by atoms with Crippen LogP contribution in [0.3, 0.4) is 0 Å². The number of nitrogens with zero attached hydrogens (tertiary/aromatic N) is 1. The molecule has 1 aliphatic rings. The van der Waals surface area contributed by atoms with Crippen LogP contribution in [0.5, 0.6) is 0 Å². The van der Waals surface area contributed by atoms with Crippen LogP contribution in [-0.2, 0) is 10.0 Å². The Balaban J connectivity index is 1.80. The van der Waals surface area contributed by atoms with Crippen LogP contribution in [0.1, 0.15) is 20.7 Å². The van der Waals surface area contributed by atoms with Crippen molar-refractivity contribution in [1.82, 2.24) is 9.62 Å². The Bertz CT molecular complexity index is 847. The number of hydrogen-bond acceptors (Lipinski definition) is 4. The number of hydrogen-bond donors (Lipinski definition) is 1. The molecule has 22 heavy (non-hydrogen) atoms. The molecule has 2 aromatic carbocycles. The van der Waals surface area contributed by atoms with Gasteiger partial charge in [0.1, 0.15) is 11.6 Å². The summed E-state index contributed by atoms with van der Waals surface area (Å²) in [5.41, 5.74) is 0.514. The lowest BCUT2D eigenvalue weighted by Gasteiger charge is -2.15. The van der Waals surface area contributed by atoms with Crippen LogP contribution in [-0.4, -0.2) is 31.2 Å². The van der Waals surface area contributed by atoms with Crippen LogP contribution in [0.25, 0.3) is 0 Å². The van der Waals surface area contributed by atoms with E-state index in [0.29, 0.717) is 9.87 Å². The molecule has 2 amide bonds. The van der Waals surface area contributed by atoms with Crippen molar-refractivity contribution in [2.45, 2.75) is 4.90 Å². The van der Waals surface area contributed by atoms with Gasteiger partial charge in [-0.05, 0) is 24.3 Å². The second kappa shape index (κ2) is 5.27. The molecule has 1 heterocycles. The van der Waals surface area contributed by atoms with Crippen molar-refractivity contribution in [3.8, 4) is 0 Å². The maximum absolute atomic E-state index is 12.3. The Kier molecular flexibility index (Phi) is 3.42. The zero-order valence-corrected chi connectivity index (χ0v) is 12.2. The minimum Gasteiger partial charge on any atom is -0.333 e. The van der Waals surface area contributed by atoms with Crippen LogP contribution in [0, 0.1) is 0 Å². The van der Waals surface area contributed by atoms with Gasteiger partial charge in [0.05, 0.1) is 5.56 Å². The number of nitrogens with one attached hydrogen (secondary N) is 1. The van der Waals surface area contributed by atoms with E-state index in [1.54, 1.807) is 42.5 Å². The number of amides is 2. The smallest absolute Gasteiger partial charge is 0.270 e. The van der Waals surface area contributed by atoms with E-state index in [1.165, 1.54) is 12.1 Å². The lowest BCUT2D eigenvalue weighted by molar-refractivity contribution is 0.0843. The van der Waals surface area contributed by atoms with Gasteiger partial charge >= 0.3 is 0 Å². The molecular weight excluding hydrogens is 304 g/mol. The first kappa shape index (κ1) is 14.3. The fraction of sp³-hybridized carbons (Fsp3) is 0.0667. The van der Waals surface area contributed by atoms with Gasteiger partial charge in [-0.15, -0.1) is 0 Å². The Morgan fingerprint density at radius 1 is 1.00 bits per heavy atom. The molecule has 1 N–H and O–H groups in total. The summed E-state index contributed by atoms with van der Waals surface area (Å²) < 4.78 is 25.3. The molecule has 6 nitrogen and oxygen atoms in total. The fourth-order valence-corrected chi connectivity index (χ4v) is 3.69. The number of fused-ring (bicyclic) bond motifs is 1. The normalized spacial score (nSPS) is 15.5. The van der Waals surface area contributed by atoms with Gasteiger partial charge in [0.25, 0.3) is 21.8 Å². The molecule has 0 unspecified atom stereocenters. The van der Waals surface area contributed by atoms with E-state index >= 15 is 0 Å².